The predicted molar refractivity (Wildman–Crippen MR) is 124 cm³/mol. The van der Waals surface area contributed by atoms with Gasteiger partial charge in [0.05, 0.1) is 44.3 Å². The van der Waals surface area contributed by atoms with Gasteiger partial charge in [-0.1, -0.05) is 0 Å². The second-order valence-corrected chi connectivity index (χ2v) is 7.30. The third kappa shape index (κ3) is 6.52. The Morgan fingerprint density at radius 3 is 1.94 bits per heavy atom. The van der Waals surface area contributed by atoms with Crippen LogP contribution in [0, 0.1) is 5.92 Å². The van der Waals surface area contributed by atoms with Gasteiger partial charge in [0.25, 0.3) is 5.91 Å². The van der Waals surface area contributed by atoms with E-state index in [1.54, 1.807) is 45.9 Å². The highest BCUT2D eigenvalue weighted by molar-refractivity contribution is 6.06. The molecule has 0 bridgehead atoms. The fraction of sp³-hybridized carbons (Fsp3) is 0.417. The van der Waals surface area contributed by atoms with Crippen molar-refractivity contribution in [3.8, 4) is 11.5 Å². The van der Waals surface area contributed by atoms with Gasteiger partial charge in [0.2, 0.25) is 0 Å². The average molecular weight is 491 g/mol. The molecule has 0 aromatic heterocycles. The molecular weight excluding hydrogens is 460 g/mol. The van der Waals surface area contributed by atoms with Crippen molar-refractivity contribution in [1.82, 2.24) is 5.32 Å². The number of ether oxygens (including phenoxy) is 5. The van der Waals surface area contributed by atoms with E-state index in [4.69, 9.17) is 23.7 Å². The molecule has 0 saturated heterocycles. The quantitative estimate of drug-likeness (QED) is 0.370. The molecule has 0 atom stereocenters. The number of amides is 1. The number of esters is 3. The van der Waals surface area contributed by atoms with E-state index in [1.807, 2.05) is 0 Å². The summed E-state index contributed by atoms with van der Waals surface area (Å²) in [6, 6.07) is 4.77. The number of dihydropyridines is 1. The van der Waals surface area contributed by atoms with Crippen molar-refractivity contribution in [2.24, 2.45) is 5.92 Å². The van der Waals surface area contributed by atoms with Crippen molar-refractivity contribution in [3.63, 3.8) is 0 Å². The second-order valence-electron chi connectivity index (χ2n) is 7.30. The van der Waals surface area contributed by atoms with Crippen LogP contribution in [-0.4, -0.2) is 57.9 Å². The molecule has 1 aromatic carbocycles. The lowest BCUT2D eigenvalue weighted by Gasteiger charge is -2.28. The Balaban J connectivity index is 2.26. The molecular formula is C24H30N2O9. The summed E-state index contributed by atoms with van der Waals surface area (Å²) in [5, 5.41) is 5.49. The van der Waals surface area contributed by atoms with Crippen LogP contribution in [0.1, 0.15) is 27.7 Å². The number of carbonyl (C=O) groups is 4. The van der Waals surface area contributed by atoms with Crippen molar-refractivity contribution in [1.29, 1.82) is 0 Å². The zero-order chi connectivity index (χ0) is 26.1. The Morgan fingerprint density at radius 1 is 0.886 bits per heavy atom. The predicted octanol–water partition coefficient (Wildman–Crippen LogP) is 2.08. The van der Waals surface area contributed by atoms with Crippen molar-refractivity contribution in [2.45, 2.75) is 27.7 Å². The molecule has 35 heavy (non-hydrogen) atoms. The van der Waals surface area contributed by atoms with Gasteiger partial charge in [0.1, 0.15) is 17.4 Å². The molecule has 1 aromatic rings. The van der Waals surface area contributed by atoms with E-state index in [0.29, 0.717) is 28.6 Å². The molecule has 2 rings (SSSR count). The summed E-state index contributed by atoms with van der Waals surface area (Å²) in [6.45, 7) is 5.80. The van der Waals surface area contributed by atoms with Crippen molar-refractivity contribution >= 4 is 29.5 Å². The van der Waals surface area contributed by atoms with Crippen LogP contribution in [0.3, 0.4) is 0 Å². The van der Waals surface area contributed by atoms with Crippen molar-refractivity contribution in [3.05, 3.63) is 40.7 Å². The van der Waals surface area contributed by atoms with Crippen LogP contribution in [0.5, 0.6) is 11.5 Å². The largest absolute Gasteiger partial charge is 0.497 e. The summed E-state index contributed by atoms with van der Waals surface area (Å²) in [6.07, 6.45) is 0. The molecule has 1 aliphatic rings. The fourth-order valence-corrected chi connectivity index (χ4v) is 3.50. The molecule has 0 unspecified atom stereocenters. The van der Waals surface area contributed by atoms with Gasteiger partial charge in [-0.2, -0.15) is 0 Å². The Hall–Kier alpha value is -4.02. The standard InChI is InChI=1S/C24H30N2O9/c1-7-33-22(28)19-13(3)25-14(4)20(23(29)34-8-2)21(19)24(30)35-12-18(27)26-16-10-9-15(31-5)11-17(16)32-6/h9-11,21,25H,7-8,12H2,1-6H3,(H,26,27). The van der Waals surface area contributed by atoms with Gasteiger partial charge in [0, 0.05) is 17.5 Å². The van der Waals surface area contributed by atoms with Gasteiger partial charge < -0.3 is 34.3 Å². The molecule has 1 aliphatic heterocycles. The Morgan fingerprint density at radius 2 is 1.46 bits per heavy atom. The number of allylic oxidation sites excluding steroid dienone is 2. The van der Waals surface area contributed by atoms with E-state index in [-0.39, 0.29) is 24.4 Å². The lowest BCUT2D eigenvalue weighted by atomic mass is 9.85. The number of benzene rings is 1. The van der Waals surface area contributed by atoms with E-state index in [2.05, 4.69) is 10.6 Å². The number of nitrogens with one attached hydrogen (secondary N) is 2. The highest BCUT2D eigenvalue weighted by Crippen LogP contribution is 2.33. The van der Waals surface area contributed by atoms with E-state index in [1.165, 1.54) is 14.2 Å². The first kappa shape index (κ1) is 27.2. The lowest BCUT2D eigenvalue weighted by molar-refractivity contribution is -0.153. The topological polar surface area (TPSA) is 138 Å². The maximum absolute atomic E-state index is 13.1. The van der Waals surface area contributed by atoms with Crippen LogP contribution < -0.4 is 20.1 Å². The summed E-state index contributed by atoms with van der Waals surface area (Å²) < 4.78 is 25.7. The van der Waals surface area contributed by atoms with Crippen LogP contribution in [0.15, 0.2) is 40.7 Å². The molecule has 11 heteroatoms. The van der Waals surface area contributed by atoms with Gasteiger partial charge in [-0.15, -0.1) is 0 Å². The number of carbonyl (C=O) groups excluding carboxylic acids is 4. The van der Waals surface area contributed by atoms with E-state index >= 15 is 0 Å². The first-order valence-corrected chi connectivity index (χ1v) is 10.9. The van der Waals surface area contributed by atoms with Gasteiger partial charge in [0.15, 0.2) is 6.61 Å². The number of hydrogen-bond acceptors (Lipinski definition) is 10. The van der Waals surface area contributed by atoms with Gasteiger partial charge >= 0.3 is 17.9 Å². The molecule has 0 spiro atoms. The Bertz CT molecular complexity index is 1020. The Kier molecular flexibility index (Phi) is 9.68. The average Bonchev–Trinajstić information content (AvgIpc) is 2.82. The molecule has 1 heterocycles. The highest BCUT2D eigenvalue weighted by atomic mass is 16.5. The molecule has 0 radical (unpaired) electrons. The minimum atomic E-state index is -1.43. The summed E-state index contributed by atoms with van der Waals surface area (Å²) in [7, 11) is 2.92. The third-order valence-electron chi connectivity index (χ3n) is 5.02. The minimum Gasteiger partial charge on any atom is -0.497 e. The number of anilines is 1. The number of rotatable bonds is 10. The fourth-order valence-electron chi connectivity index (χ4n) is 3.50. The van der Waals surface area contributed by atoms with Crippen LogP contribution in [0.4, 0.5) is 5.69 Å². The molecule has 0 saturated carbocycles. The second kappa shape index (κ2) is 12.4. The maximum atomic E-state index is 13.1. The van der Waals surface area contributed by atoms with Crippen LogP contribution in [-0.2, 0) is 33.4 Å². The Labute approximate surface area is 203 Å². The van der Waals surface area contributed by atoms with Gasteiger partial charge in [-0.3, -0.25) is 9.59 Å². The summed E-state index contributed by atoms with van der Waals surface area (Å²) in [5.41, 5.74) is 0.791. The molecule has 2 N–H and O–H groups in total. The minimum absolute atomic E-state index is 0.0565. The van der Waals surface area contributed by atoms with E-state index in [9.17, 15) is 19.2 Å². The normalized spacial score (nSPS) is 13.5. The molecule has 11 nitrogen and oxygen atoms in total. The number of hydrogen-bond donors (Lipinski definition) is 2. The van der Waals surface area contributed by atoms with E-state index < -0.39 is 36.3 Å². The zero-order valence-electron chi connectivity index (χ0n) is 20.6. The molecule has 0 aliphatic carbocycles. The van der Waals surface area contributed by atoms with Crippen LogP contribution >= 0.6 is 0 Å². The maximum Gasteiger partial charge on any atom is 0.337 e. The summed E-state index contributed by atoms with van der Waals surface area (Å²) in [4.78, 5) is 50.9. The molecule has 190 valence electrons. The SMILES string of the molecule is CCOC(=O)C1=C(C)NC(C)=C(C(=O)OCC)C1C(=O)OCC(=O)Nc1ccc(OC)cc1OC. The third-order valence-corrected chi connectivity index (χ3v) is 5.02. The van der Waals surface area contributed by atoms with Crippen LogP contribution in [0.25, 0.3) is 0 Å². The molecule has 0 fully saturated rings. The molecule has 1 amide bonds. The highest BCUT2D eigenvalue weighted by Gasteiger charge is 2.42. The monoisotopic (exact) mass is 490 g/mol. The smallest absolute Gasteiger partial charge is 0.337 e. The van der Waals surface area contributed by atoms with Crippen LogP contribution in [0.2, 0.25) is 0 Å². The van der Waals surface area contributed by atoms with Crippen molar-refractivity contribution < 1.29 is 42.9 Å². The van der Waals surface area contributed by atoms with Gasteiger partial charge in [-0.25, -0.2) is 9.59 Å². The summed E-state index contributed by atoms with van der Waals surface area (Å²) >= 11 is 0. The van der Waals surface area contributed by atoms with Crippen molar-refractivity contribution in [2.75, 3.05) is 39.4 Å². The first-order chi connectivity index (χ1) is 16.7. The number of methoxy groups -OCH3 is 2. The lowest BCUT2D eigenvalue weighted by Crippen LogP contribution is -2.39. The summed E-state index contributed by atoms with van der Waals surface area (Å²) in [5.74, 6) is -3.78. The van der Waals surface area contributed by atoms with E-state index in [0.717, 1.165) is 0 Å². The zero-order valence-corrected chi connectivity index (χ0v) is 20.6. The first-order valence-electron chi connectivity index (χ1n) is 10.9. The van der Waals surface area contributed by atoms with Gasteiger partial charge in [-0.05, 0) is 39.8 Å².